The molecular weight excluding hydrogens is 357 g/mol. The van der Waals surface area contributed by atoms with Gasteiger partial charge in [0.2, 0.25) is 0 Å². The van der Waals surface area contributed by atoms with E-state index in [1.54, 1.807) is 0 Å². The van der Waals surface area contributed by atoms with Crippen LogP contribution in [0.4, 0.5) is 0 Å². The van der Waals surface area contributed by atoms with E-state index in [0.717, 1.165) is 11.4 Å². The fourth-order valence-corrected chi connectivity index (χ4v) is 2.46. The minimum Gasteiger partial charge on any atom is -0.330 e. The zero-order valence-corrected chi connectivity index (χ0v) is 12.9. The summed E-state index contributed by atoms with van der Waals surface area (Å²) in [7, 11) is 0. The Morgan fingerprint density at radius 1 is 1.00 bits per heavy atom. The smallest absolute Gasteiger partial charge is 0.0406 e. The van der Waals surface area contributed by atoms with Gasteiger partial charge in [-0.3, -0.25) is 0 Å². The van der Waals surface area contributed by atoms with E-state index in [9.17, 15) is 0 Å². The van der Waals surface area contributed by atoms with E-state index >= 15 is 0 Å². The topological polar surface area (TPSA) is 26.0 Å². The monoisotopic (exact) mass is 371 g/mol. The molecule has 0 bridgehead atoms. The minimum atomic E-state index is 0.349. The molecule has 94 valence electrons. The van der Waals surface area contributed by atoms with Gasteiger partial charge >= 0.3 is 0 Å². The maximum absolute atomic E-state index is 5.91. The van der Waals surface area contributed by atoms with Gasteiger partial charge < -0.3 is 5.73 Å². The van der Waals surface area contributed by atoms with Crippen LogP contribution in [0.15, 0.2) is 48.5 Å². The second kappa shape index (κ2) is 6.55. The fraction of sp³-hybridized carbons (Fsp3) is 0.200. The van der Waals surface area contributed by atoms with Gasteiger partial charge in [-0.25, -0.2) is 0 Å². The van der Waals surface area contributed by atoms with Crippen LogP contribution in [-0.4, -0.2) is 6.54 Å². The van der Waals surface area contributed by atoms with Crippen LogP contribution in [0.5, 0.6) is 0 Å². The normalized spacial score (nSPS) is 12.4. The summed E-state index contributed by atoms with van der Waals surface area (Å²) in [6.45, 7) is 0.646. The Morgan fingerprint density at radius 3 is 2.17 bits per heavy atom. The molecule has 0 fully saturated rings. The zero-order chi connectivity index (χ0) is 13.0. The summed E-state index contributed by atoms with van der Waals surface area (Å²) >= 11 is 8.22. The molecule has 0 heterocycles. The highest BCUT2D eigenvalue weighted by Crippen LogP contribution is 2.22. The zero-order valence-electron chi connectivity index (χ0n) is 9.94. The molecule has 0 amide bonds. The number of hydrogen-bond acceptors (Lipinski definition) is 1. The Kier molecular flexibility index (Phi) is 5.03. The van der Waals surface area contributed by atoms with Crippen molar-refractivity contribution in [1.29, 1.82) is 0 Å². The minimum absolute atomic E-state index is 0.349. The van der Waals surface area contributed by atoms with Crippen molar-refractivity contribution in [3.8, 4) is 0 Å². The summed E-state index contributed by atoms with van der Waals surface area (Å²) in [5.74, 6) is 0.349. The Bertz CT molecular complexity index is 493. The van der Waals surface area contributed by atoms with E-state index in [4.69, 9.17) is 17.3 Å². The van der Waals surface area contributed by atoms with Gasteiger partial charge in [-0.2, -0.15) is 0 Å². The maximum Gasteiger partial charge on any atom is 0.0406 e. The van der Waals surface area contributed by atoms with Crippen LogP contribution >= 0.6 is 34.2 Å². The third kappa shape index (κ3) is 3.70. The maximum atomic E-state index is 5.91. The molecular formula is C15H15ClIN. The third-order valence-corrected chi connectivity index (χ3v) is 3.99. The van der Waals surface area contributed by atoms with Gasteiger partial charge in [-0.15, -0.1) is 0 Å². The Balaban J connectivity index is 2.14. The lowest BCUT2D eigenvalue weighted by Crippen LogP contribution is -2.15. The average Bonchev–Trinajstić information content (AvgIpc) is 2.39. The number of rotatable bonds is 4. The van der Waals surface area contributed by atoms with E-state index in [0.29, 0.717) is 12.5 Å². The summed E-state index contributed by atoms with van der Waals surface area (Å²) in [6.07, 6.45) is 0.967. The van der Waals surface area contributed by atoms with Crippen molar-refractivity contribution in [2.24, 2.45) is 5.73 Å². The molecule has 2 aromatic rings. The molecule has 0 aliphatic carbocycles. The van der Waals surface area contributed by atoms with Gasteiger partial charge in [0.1, 0.15) is 0 Å². The quantitative estimate of drug-likeness (QED) is 0.800. The molecule has 0 aliphatic heterocycles. The number of halogens is 2. The van der Waals surface area contributed by atoms with Gasteiger partial charge in [0.15, 0.2) is 0 Å². The SMILES string of the molecule is NCC(Cc1ccc(I)cc1)c1ccc(Cl)cc1. The predicted octanol–water partition coefficient (Wildman–Crippen LogP) is 4.23. The largest absolute Gasteiger partial charge is 0.330 e. The molecule has 3 heteroatoms. The fourth-order valence-electron chi connectivity index (χ4n) is 1.98. The first-order chi connectivity index (χ1) is 8.69. The van der Waals surface area contributed by atoms with Crippen LogP contribution in [0.1, 0.15) is 17.0 Å². The van der Waals surface area contributed by atoms with Crippen molar-refractivity contribution in [2.75, 3.05) is 6.54 Å². The summed E-state index contributed by atoms with van der Waals surface area (Å²) < 4.78 is 1.26. The highest BCUT2D eigenvalue weighted by Gasteiger charge is 2.10. The van der Waals surface area contributed by atoms with Gasteiger partial charge in [-0.05, 0) is 70.9 Å². The number of benzene rings is 2. The van der Waals surface area contributed by atoms with Crippen LogP contribution in [-0.2, 0) is 6.42 Å². The van der Waals surface area contributed by atoms with Crippen LogP contribution in [0, 0.1) is 3.57 Å². The van der Waals surface area contributed by atoms with Crippen LogP contribution in [0.25, 0.3) is 0 Å². The molecule has 2 rings (SSSR count). The first kappa shape index (κ1) is 13.8. The molecule has 2 aromatic carbocycles. The Labute approximate surface area is 126 Å². The van der Waals surface area contributed by atoms with E-state index in [1.165, 1.54) is 14.7 Å². The van der Waals surface area contributed by atoms with E-state index in [2.05, 4.69) is 59.0 Å². The summed E-state index contributed by atoms with van der Waals surface area (Å²) in [6, 6.07) is 16.6. The van der Waals surface area contributed by atoms with Crippen LogP contribution in [0.2, 0.25) is 5.02 Å². The highest BCUT2D eigenvalue weighted by molar-refractivity contribution is 14.1. The third-order valence-electron chi connectivity index (χ3n) is 3.02. The predicted molar refractivity (Wildman–Crippen MR) is 86.1 cm³/mol. The Hall–Kier alpha value is -0.580. The van der Waals surface area contributed by atoms with Crippen molar-refractivity contribution in [3.05, 3.63) is 68.3 Å². The first-order valence-corrected chi connectivity index (χ1v) is 7.34. The van der Waals surface area contributed by atoms with Crippen molar-refractivity contribution in [3.63, 3.8) is 0 Å². The van der Waals surface area contributed by atoms with Crippen molar-refractivity contribution < 1.29 is 0 Å². The molecule has 0 radical (unpaired) electrons. The molecule has 18 heavy (non-hydrogen) atoms. The lowest BCUT2D eigenvalue weighted by atomic mass is 9.92. The molecule has 1 atom stereocenters. The van der Waals surface area contributed by atoms with E-state index in [-0.39, 0.29) is 0 Å². The summed E-state index contributed by atoms with van der Waals surface area (Å²) in [5, 5.41) is 0.767. The van der Waals surface area contributed by atoms with E-state index in [1.807, 2.05) is 12.1 Å². The molecule has 0 aliphatic rings. The molecule has 0 aromatic heterocycles. The summed E-state index contributed by atoms with van der Waals surface area (Å²) in [4.78, 5) is 0. The number of nitrogens with two attached hydrogens (primary N) is 1. The molecule has 0 saturated heterocycles. The van der Waals surface area contributed by atoms with Crippen LogP contribution in [0.3, 0.4) is 0 Å². The first-order valence-electron chi connectivity index (χ1n) is 5.89. The molecule has 1 unspecified atom stereocenters. The van der Waals surface area contributed by atoms with Gasteiger partial charge in [0.05, 0.1) is 0 Å². The van der Waals surface area contributed by atoms with Crippen molar-refractivity contribution >= 4 is 34.2 Å². The summed E-state index contributed by atoms with van der Waals surface area (Å²) in [5.41, 5.74) is 8.46. The second-order valence-corrected chi connectivity index (χ2v) is 6.00. The van der Waals surface area contributed by atoms with Crippen molar-refractivity contribution in [2.45, 2.75) is 12.3 Å². The molecule has 2 N–H and O–H groups in total. The Morgan fingerprint density at radius 2 is 1.61 bits per heavy atom. The highest BCUT2D eigenvalue weighted by atomic mass is 127. The molecule has 0 spiro atoms. The lowest BCUT2D eigenvalue weighted by molar-refractivity contribution is 0.694. The average molecular weight is 372 g/mol. The van der Waals surface area contributed by atoms with Gasteiger partial charge in [0, 0.05) is 14.5 Å². The van der Waals surface area contributed by atoms with Gasteiger partial charge in [0.25, 0.3) is 0 Å². The molecule has 1 nitrogen and oxygen atoms in total. The lowest BCUT2D eigenvalue weighted by Gasteiger charge is -2.15. The van der Waals surface area contributed by atoms with Crippen molar-refractivity contribution in [1.82, 2.24) is 0 Å². The number of hydrogen-bond donors (Lipinski definition) is 1. The second-order valence-electron chi connectivity index (χ2n) is 4.31. The van der Waals surface area contributed by atoms with Crippen LogP contribution < -0.4 is 5.73 Å². The molecule has 0 saturated carbocycles. The standard InChI is InChI=1S/C15H15ClIN/c16-14-5-3-12(4-6-14)13(10-18)9-11-1-7-15(17)8-2-11/h1-8,13H,9-10,18H2. The van der Waals surface area contributed by atoms with Gasteiger partial charge in [-0.1, -0.05) is 35.9 Å². The van der Waals surface area contributed by atoms with E-state index < -0.39 is 0 Å².